The van der Waals surface area contributed by atoms with E-state index in [1.54, 1.807) is 63.2 Å². The van der Waals surface area contributed by atoms with Crippen molar-refractivity contribution in [2.75, 3.05) is 100 Å². The zero-order chi connectivity index (χ0) is 47.8. The van der Waals surface area contributed by atoms with Crippen LogP contribution in [0.1, 0.15) is 30.2 Å². The Labute approximate surface area is 377 Å². The number of nitrogens with one attached hydrogen (secondary N) is 4. The first-order chi connectivity index (χ1) is 31.5. The average molecular weight is 922 g/mol. The number of anilines is 4. The van der Waals surface area contributed by atoms with Gasteiger partial charge in [-0.3, -0.25) is 58.2 Å². The molecule has 1 aliphatic heterocycles. The minimum Gasteiger partial charge on any atom is -0.481 e. The lowest BCUT2D eigenvalue weighted by molar-refractivity contribution is -0.149. The van der Waals surface area contributed by atoms with Crippen molar-refractivity contribution >= 4 is 63.9 Å². The highest BCUT2D eigenvalue weighted by molar-refractivity contribution is 5.94. The third kappa shape index (κ3) is 16.1. The van der Waals surface area contributed by atoms with E-state index in [4.69, 9.17) is 16.5 Å². The average Bonchev–Trinajstić information content (AvgIpc) is 3.25. The zero-order valence-corrected chi connectivity index (χ0v) is 35.9. The van der Waals surface area contributed by atoms with Crippen LogP contribution in [0.4, 0.5) is 23.0 Å². The number of carbonyl (C=O) groups excluding carboxylic acids is 2. The van der Waals surface area contributed by atoms with Gasteiger partial charge in [0.05, 0.1) is 44.0 Å². The number of aliphatic hydroxyl groups excluding tert-OH is 1. The number of carboxylic acid groups (broad SMARTS) is 3. The summed E-state index contributed by atoms with van der Waals surface area (Å²) in [5.41, 5.74) is 7.53. The molecule has 66 heavy (non-hydrogen) atoms. The number of H-pyrrole nitrogens is 1. The van der Waals surface area contributed by atoms with Gasteiger partial charge in [-0.05, 0) is 48.4 Å². The monoisotopic (exact) mass is 921 g/mol. The van der Waals surface area contributed by atoms with Crippen molar-refractivity contribution in [3.8, 4) is 0 Å². The molecule has 0 saturated carbocycles. The second kappa shape index (κ2) is 24.5. The van der Waals surface area contributed by atoms with Gasteiger partial charge in [0.15, 0.2) is 17.5 Å². The predicted octanol–water partition coefficient (Wildman–Crippen LogP) is -1.40. The number of aromatic nitrogens is 4. The number of aromatic amines is 1. The Morgan fingerprint density at radius 3 is 1.76 bits per heavy atom. The summed E-state index contributed by atoms with van der Waals surface area (Å²) >= 11 is 0. The first kappa shape index (κ1) is 50.3. The van der Waals surface area contributed by atoms with Gasteiger partial charge in [0.25, 0.3) is 5.56 Å². The molecule has 5 rings (SSSR count). The van der Waals surface area contributed by atoms with Crippen LogP contribution in [0.15, 0.2) is 59.5 Å². The first-order valence-electron chi connectivity index (χ1n) is 20.9. The van der Waals surface area contributed by atoms with E-state index in [0.29, 0.717) is 48.0 Å². The zero-order valence-electron chi connectivity index (χ0n) is 35.9. The minimum atomic E-state index is -1.64. The molecular weight excluding hydrogens is 867 g/mol. The van der Waals surface area contributed by atoms with Crippen molar-refractivity contribution in [3.05, 3.63) is 76.3 Å². The molecular formula is C41H55N13O12. The van der Waals surface area contributed by atoms with Crippen molar-refractivity contribution in [2.24, 2.45) is 11.8 Å². The van der Waals surface area contributed by atoms with Crippen LogP contribution in [-0.2, 0) is 35.4 Å². The topological polar surface area (TPSA) is 368 Å². The summed E-state index contributed by atoms with van der Waals surface area (Å²) < 4.78 is 0. The number of hydrogen-bond acceptors (Lipinski definition) is 19. The number of nitrogens with two attached hydrogens (primary N) is 2. The van der Waals surface area contributed by atoms with Crippen molar-refractivity contribution in [2.45, 2.75) is 31.8 Å². The molecule has 0 aliphatic carbocycles. The van der Waals surface area contributed by atoms with E-state index in [1.807, 2.05) is 4.90 Å². The third-order valence-corrected chi connectivity index (χ3v) is 10.6. The summed E-state index contributed by atoms with van der Waals surface area (Å²) in [5.74, 6) is 0.143. The van der Waals surface area contributed by atoms with Crippen molar-refractivity contribution in [1.82, 2.24) is 39.5 Å². The van der Waals surface area contributed by atoms with Gasteiger partial charge in [-0.1, -0.05) is 12.1 Å². The molecule has 0 bridgehead atoms. The molecule has 13 N–H and O–H groups in total. The highest BCUT2D eigenvalue weighted by atomic mass is 16.6. The number of rotatable bonds is 20. The molecule has 25 heteroatoms. The molecule has 2 aromatic carbocycles. The Morgan fingerprint density at radius 2 is 1.24 bits per heavy atom. The lowest BCUT2D eigenvalue weighted by Crippen LogP contribution is -2.49. The number of amides is 2. The van der Waals surface area contributed by atoms with Crippen molar-refractivity contribution in [3.63, 3.8) is 0 Å². The van der Waals surface area contributed by atoms with Crippen LogP contribution in [0.25, 0.3) is 11.2 Å². The van der Waals surface area contributed by atoms with Crippen molar-refractivity contribution in [1.29, 1.82) is 0 Å². The van der Waals surface area contributed by atoms with E-state index in [0.717, 1.165) is 0 Å². The number of aliphatic carboxylic acids is 3. The molecule has 2 atom stereocenters. The lowest BCUT2D eigenvalue weighted by Gasteiger charge is -2.33. The molecule has 356 valence electrons. The molecule has 2 aromatic heterocycles. The Balaban J connectivity index is 1.12. The second-order valence-corrected chi connectivity index (χ2v) is 15.6. The SMILES string of the molecule is NOC(c1ccc(NCc2cnc3nc(N)[nH]c(=O)c3n2)cc1)C(CCC(=O)Nc1ccc(NC(=O)CN2CCN(CC(=O)O)CCN(CC(=O)O)CCN(CC(O)O)CC2)cc1)C(=O)O. The van der Waals surface area contributed by atoms with Crippen LogP contribution in [0.5, 0.6) is 0 Å². The fraction of sp³-hybridized carbons (Fsp3) is 0.439. The standard InChI is InChI=1S/C41H55N13O12/c42-41-49-38-36(39(63)50-41)48-29(20-45-38)19-44-26-3-1-25(2-4-26)37(66-43)30(40(64)65)9-10-31(55)46-27-5-7-28(8-6-27)47-32(56)21-51-11-13-52(22-33(57)58)15-17-54(24-35(61)62)18-16-53(14-12-51)23-34(59)60/h1-8,20,30,33,37,44,57-58H,9-19,21-24,43H2,(H,46,55)(H,47,56)(H,59,60)(H,61,62)(H,64,65)(H3,42,45,49,50,63). The van der Waals surface area contributed by atoms with E-state index in [2.05, 4.69) is 35.9 Å². The number of nitrogens with zero attached hydrogens (tertiary/aromatic N) is 7. The predicted molar refractivity (Wildman–Crippen MR) is 237 cm³/mol. The fourth-order valence-corrected chi connectivity index (χ4v) is 7.25. The van der Waals surface area contributed by atoms with Crippen LogP contribution < -0.4 is 33.1 Å². The molecule has 0 spiro atoms. The number of carboxylic acids is 3. The minimum absolute atomic E-state index is 0.0357. The van der Waals surface area contributed by atoms with E-state index < -0.39 is 47.7 Å². The van der Waals surface area contributed by atoms with E-state index in [1.165, 1.54) is 6.20 Å². The molecule has 2 unspecified atom stereocenters. The van der Waals surface area contributed by atoms with Crippen LogP contribution >= 0.6 is 0 Å². The quantitative estimate of drug-likeness (QED) is 0.0359. The lowest BCUT2D eigenvalue weighted by atomic mass is 9.91. The maximum atomic E-state index is 13.2. The number of fused-ring (bicyclic) bond motifs is 1. The smallest absolute Gasteiger partial charge is 0.317 e. The molecule has 4 aromatic rings. The van der Waals surface area contributed by atoms with Gasteiger partial charge in [-0.15, -0.1) is 0 Å². The van der Waals surface area contributed by atoms with Crippen LogP contribution in [0.3, 0.4) is 0 Å². The normalized spacial score (nSPS) is 15.9. The number of hydrogen-bond donors (Lipinski definition) is 11. The number of β-amino-alcohol motifs (C(OH)–C–C–N with tert-alkyl or cyclic N) is 2. The van der Waals surface area contributed by atoms with E-state index >= 15 is 0 Å². The summed E-state index contributed by atoms with van der Waals surface area (Å²) in [6.07, 6.45) is -1.59. The van der Waals surface area contributed by atoms with Gasteiger partial charge in [-0.25, -0.2) is 15.9 Å². The third-order valence-electron chi connectivity index (χ3n) is 10.6. The molecule has 3 heterocycles. The highest BCUT2D eigenvalue weighted by Gasteiger charge is 2.31. The largest absolute Gasteiger partial charge is 0.481 e. The number of benzene rings is 2. The Hall–Kier alpha value is -6.71. The number of nitrogen functional groups attached to an aromatic ring is 1. The van der Waals surface area contributed by atoms with Crippen LogP contribution in [0.2, 0.25) is 0 Å². The summed E-state index contributed by atoms with van der Waals surface area (Å²) in [6, 6.07) is 12.9. The molecule has 1 fully saturated rings. The maximum absolute atomic E-state index is 13.2. The summed E-state index contributed by atoms with van der Waals surface area (Å²) in [7, 11) is 0. The summed E-state index contributed by atoms with van der Waals surface area (Å²) in [4.78, 5) is 101. The van der Waals surface area contributed by atoms with Crippen LogP contribution in [0, 0.1) is 5.92 Å². The van der Waals surface area contributed by atoms with Gasteiger partial charge in [0.1, 0.15) is 6.10 Å². The number of aliphatic hydroxyl groups is 2. The Kier molecular flexibility index (Phi) is 18.7. The summed E-state index contributed by atoms with van der Waals surface area (Å²) in [5, 5.41) is 57.0. The van der Waals surface area contributed by atoms with Gasteiger partial charge >= 0.3 is 17.9 Å². The maximum Gasteiger partial charge on any atom is 0.317 e. The fourth-order valence-electron chi connectivity index (χ4n) is 7.25. The number of carbonyl (C=O) groups is 5. The second-order valence-electron chi connectivity index (χ2n) is 15.6. The van der Waals surface area contributed by atoms with Crippen LogP contribution in [-0.4, -0.2) is 180 Å². The van der Waals surface area contributed by atoms with Gasteiger partial charge in [0.2, 0.25) is 17.8 Å². The molecule has 0 radical (unpaired) electrons. The molecule has 1 saturated heterocycles. The molecule has 2 amide bonds. The Morgan fingerprint density at radius 1 is 0.727 bits per heavy atom. The van der Waals surface area contributed by atoms with E-state index in [-0.39, 0.29) is 101 Å². The highest BCUT2D eigenvalue weighted by Crippen LogP contribution is 2.30. The first-order valence-corrected chi connectivity index (χ1v) is 20.9. The Bertz CT molecular complexity index is 2340. The molecule has 1 aliphatic rings. The van der Waals surface area contributed by atoms with Gasteiger partial charge in [-0.2, -0.15) is 4.98 Å². The van der Waals surface area contributed by atoms with Crippen molar-refractivity contribution < 1.29 is 54.3 Å². The van der Waals surface area contributed by atoms with Gasteiger partial charge in [0, 0.05) is 82.4 Å². The molecule has 25 nitrogen and oxygen atoms in total. The van der Waals surface area contributed by atoms with Gasteiger partial charge < -0.3 is 47.2 Å². The summed E-state index contributed by atoms with van der Waals surface area (Å²) in [6.45, 7) is 1.76. The van der Waals surface area contributed by atoms with E-state index in [9.17, 15) is 54.3 Å².